The van der Waals surface area contributed by atoms with Crippen LogP contribution in [0.25, 0.3) is 0 Å². The average molecular weight is 285 g/mol. The molecule has 0 atom stereocenters. The highest BCUT2D eigenvalue weighted by molar-refractivity contribution is 7.80. The first-order valence-corrected chi connectivity index (χ1v) is 7.64. The van der Waals surface area contributed by atoms with Crippen LogP contribution in [-0.4, -0.2) is 43.4 Å². The monoisotopic (exact) mass is 284 g/mol. The highest BCUT2D eigenvalue weighted by atomic mass is 35.5. The molecule has 1 heterocycles. The molecule has 2 nitrogen and oxygen atoms in total. The lowest BCUT2D eigenvalue weighted by molar-refractivity contribution is 0.254. The first kappa shape index (κ1) is 14.0. The van der Waals surface area contributed by atoms with Crippen LogP contribution < -0.4 is 4.90 Å². The molecule has 0 bridgehead atoms. The normalized spacial score (nSPS) is 17.1. The van der Waals surface area contributed by atoms with E-state index < -0.39 is 0 Å². The van der Waals surface area contributed by atoms with Crippen molar-refractivity contribution in [3.05, 3.63) is 29.3 Å². The van der Waals surface area contributed by atoms with Crippen molar-refractivity contribution in [1.82, 2.24) is 4.90 Å². The molecule has 100 valence electrons. The van der Waals surface area contributed by atoms with Crippen molar-refractivity contribution >= 4 is 29.9 Å². The molecular formula is C14H21ClN2S. The molecule has 0 unspecified atom stereocenters. The van der Waals surface area contributed by atoms with Gasteiger partial charge in [-0.1, -0.05) is 11.6 Å². The zero-order valence-electron chi connectivity index (χ0n) is 10.7. The second-order valence-electron chi connectivity index (χ2n) is 4.74. The third kappa shape index (κ3) is 4.08. The number of thiol groups is 1. The molecule has 1 saturated heterocycles. The Morgan fingerprint density at radius 1 is 1.00 bits per heavy atom. The molecule has 4 heteroatoms. The van der Waals surface area contributed by atoms with Crippen molar-refractivity contribution in [2.45, 2.75) is 12.8 Å². The van der Waals surface area contributed by atoms with Crippen LogP contribution in [0.1, 0.15) is 12.8 Å². The van der Waals surface area contributed by atoms with Crippen LogP contribution in [-0.2, 0) is 0 Å². The van der Waals surface area contributed by atoms with Gasteiger partial charge in [-0.15, -0.1) is 0 Å². The SMILES string of the molecule is SCCCCN1CCN(c2ccc(Cl)cc2)CC1. The van der Waals surface area contributed by atoms with Gasteiger partial charge in [0.05, 0.1) is 0 Å². The van der Waals surface area contributed by atoms with Gasteiger partial charge in [-0.25, -0.2) is 0 Å². The van der Waals surface area contributed by atoms with E-state index in [1.54, 1.807) is 0 Å². The van der Waals surface area contributed by atoms with Gasteiger partial charge >= 0.3 is 0 Å². The number of hydrogen-bond donors (Lipinski definition) is 1. The predicted octanol–water partition coefficient (Wildman–Crippen LogP) is 3.17. The zero-order valence-corrected chi connectivity index (χ0v) is 12.3. The van der Waals surface area contributed by atoms with Gasteiger partial charge in [-0.05, 0) is 49.4 Å². The summed E-state index contributed by atoms with van der Waals surface area (Å²) in [5.41, 5.74) is 1.29. The Balaban J connectivity index is 1.77. The first-order valence-electron chi connectivity index (χ1n) is 6.63. The maximum Gasteiger partial charge on any atom is 0.0407 e. The molecule has 0 N–H and O–H groups in total. The van der Waals surface area contributed by atoms with Crippen LogP contribution in [0.3, 0.4) is 0 Å². The molecule has 0 saturated carbocycles. The van der Waals surface area contributed by atoms with Crippen LogP contribution in [0.5, 0.6) is 0 Å². The van der Waals surface area contributed by atoms with Gasteiger partial charge in [0, 0.05) is 36.9 Å². The van der Waals surface area contributed by atoms with Gasteiger partial charge in [0.1, 0.15) is 0 Å². The first-order chi connectivity index (χ1) is 8.79. The third-order valence-electron chi connectivity index (χ3n) is 3.45. The highest BCUT2D eigenvalue weighted by Crippen LogP contribution is 2.19. The molecule has 0 aliphatic carbocycles. The molecule has 0 aromatic heterocycles. The number of hydrogen-bond acceptors (Lipinski definition) is 3. The Hall–Kier alpha value is -0.380. The molecule has 2 rings (SSSR count). The Morgan fingerprint density at radius 2 is 1.67 bits per heavy atom. The molecule has 1 aliphatic rings. The average Bonchev–Trinajstić information content (AvgIpc) is 2.41. The zero-order chi connectivity index (χ0) is 12.8. The van der Waals surface area contributed by atoms with E-state index in [-0.39, 0.29) is 0 Å². The molecule has 1 aliphatic heterocycles. The van der Waals surface area contributed by atoms with Crippen molar-refractivity contribution in [2.75, 3.05) is 43.4 Å². The summed E-state index contributed by atoms with van der Waals surface area (Å²) in [6, 6.07) is 8.16. The molecule has 1 fully saturated rings. The smallest absolute Gasteiger partial charge is 0.0407 e. The van der Waals surface area contributed by atoms with Crippen LogP contribution in [0.15, 0.2) is 24.3 Å². The largest absolute Gasteiger partial charge is 0.369 e. The number of benzene rings is 1. The molecule has 1 aromatic carbocycles. The lowest BCUT2D eigenvalue weighted by Gasteiger charge is -2.36. The topological polar surface area (TPSA) is 6.48 Å². The lowest BCUT2D eigenvalue weighted by atomic mass is 10.2. The van der Waals surface area contributed by atoms with Gasteiger partial charge < -0.3 is 4.90 Å². The van der Waals surface area contributed by atoms with Crippen molar-refractivity contribution in [3.8, 4) is 0 Å². The van der Waals surface area contributed by atoms with E-state index in [4.69, 9.17) is 11.6 Å². The minimum absolute atomic E-state index is 0.809. The van der Waals surface area contributed by atoms with E-state index in [1.165, 1.54) is 25.1 Å². The Bertz CT molecular complexity index is 347. The summed E-state index contributed by atoms with van der Waals surface area (Å²) in [6.45, 7) is 5.77. The maximum absolute atomic E-state index is 5.91. The van der Waals surface area contributed by atoms with Crippen molar-refractivity contribution in [3.63, 3.8) is 0 Å². The number of unbranched alkanes of at least 4 members (excludes halogenated alkanes) is 1. The highest BCUT2D eigenvalue weighted by Gasteiger charge is 2.16. The number of nitrogens with zero attached hydrogens (tertiary/aromatic N) is 2. The van der Waals surface area contributed by atoms with E-state index in [2.05, 4.69) is 34.6 Å². The summed E-state index contributed by atoms with van der Waals surface area (Å²) in [4.78, 5) is 4.99. The fourth-order valence-corrected chi connectivity index (χ4v) is 2.68. The number of anilines is 1. The Labute approximate surface area is 120 Å². The van der Waals surface area contributed by atoms with Gasteiger partial charge in [0.15, 0.2) is 0 Å². The summed E-state index contributed by atoms with van der Waals surface area (Å²) in [5, 5.41) is 0.809. The minimum Gasteiger partial charge on any atom is -0.369 e. The minimum atomic E-state index is 0.809. The second kappa shape index (κ2) is 7.27. The van der Waals surface area contributed by atoms with E-state index >= 15 is 0 Å². The van der Waals surface area contributed by atoms with Gasteiger partial charge in [0.2, 0.25) is 0 Å². The van der Waals surface area contributed by atoms with Crippen LogP contribution in [0.4, 0.5) is 5.69 Å². The Morgan fingerprint density at radius 3 is 2.28 bits per heavy atom. The maximum atomic E-state index is 5.91. The van der Waals surface area contributed by atoms with E-state index in [1.807, 2.05) is 12.1 Å². The van der Waals surface area contributed by atoms with Gasteiger partial charge in [0.25, 0.3) is 0 Å². The summed E-state index contributed by atoms with van der Waals surface area (Å²) in [6.07, 6.45) is 2.49. The van der Waals surface area contributed by atoms with Crippen molar-refractivity contribution in [1.29, 1.82) is 0 Å². The van der Waals surface area contributed by atoms with E-state index in [9.17, 15) is 0 Å². The predicted molar refractivity (Wildman–Crippen MR) is 83.2 cm³/mol. The number of piperazine rings is 1. The van der Waals surface area contributed by atoms with Crippen LogP contribution in [0.2, 0.25) is 5.02 Å². The Kier molecular flexibility index (Phi) is 5.67. The standard InChI is InChI=1S/C14H21ClN2S/c15-13-3-5-14(6-4-13)17-10-8-16(9-11-17)7-1-2-12-18/h3-6,18H,1-2,7-12H2. The van der Waals surface area contributed by atoms with Crippen molar-refractivity contribution < 1.29 is 0 Å². The summed E-state index contributed by atoms with van der Waals surface area (Å²) >= 11 is 10.2. The van der Waals surface area contributed by atoms with E-state index in [0.29, 0.717) is 0 Å². The summed E-state index contributed by atoms with van der Waals surface area (Å²) in [5.74, 6) is 1.00. The van der Waals surface area contributed by atoms with Crippen LogP contribution >= 0.6 is 24.2 Å². The van der Waals surface area contributed by atoms with Gasteiger partial charge in [-0.3, -0.25) is 4.90 Å². The third-order valence-corrected chi connectivity index (χ3v) is 4.01. The van der Waals surface area contributed by atoms with E-state index in [0.717, 1.165) is 37.0 Å². The molecule has 0 amide bonds. The molecule has 1 aromatic rings. The lowest BCUT2D eigenvalue weighted by Crippen LogP contribution is -2.46. The summed E-state index contributed by atoms with van der Waals surface area (Å²) in [7, 11) is 0. The van der Waals surface area contributed by atoms with Crippen molar-refractivity contribution in [2.24, 2.45) is 0 Å². The second-order valence-corrected chi connectivity index (χ2v) is 5.62. The number of rotatable bonds is 5. The molecule has 0 radical (unpaired) electrons. The molecule has 0 spiro atoms. The molecule has 18 heavy (non-hydrogen) atoms. The fraction of sp³-hybridized carbons (Fsp3) is 0.571. The number of halogens is 1. The molecular weight excluding hydrogens is 264 g/mol. The van der Waals surface area contributed by atoms with Gasteiger partial charge in [-0.2, -0.15) is 12.6 Å². The quantitative estimate of drug-likeness (QED) is 0.655. The fourth-order valence-electron chi connectivity index (χ4n) is 2.33. The summed E-state index contributed by atoms with van der Waals surface area (Å²) < 4.78 is 0. The van der Waals surface area contributed by atoms with Crippen LogP contribution in [0, 0.1) is 0 Å².